The predicted octanol–water partition coefficient (Wildman–Crippen LogP) is 3.84. The normalized spacial score (nSPS) is 13.1. The third kappa shape index (κ3) is 9.24. The van der Waals surface area contributed by atoms with E-state index in [0.717, 1.165) is 11.1 Å². The van der Waals surface area contributed by atoms with E-state index in [9.17, 15) is 24.3 Å². The lowest BCUT2D eigenvalue weighted by atomic mass is 10.00. The van der Waals surface area contributed by atoms with Crippen LogP contribution in [-0.2, 0) is 27.2 Å². The monoisotopic (exact) mass is 563 g/mol. The molecule has 0 saturated carbocycles. The van der Waals surface area contributed by atoms with Crippen molar-refractivity contribution in [2.24, 2.45) is 5.92 Å². The molecule has 4 N–H and O–H groups in total. The lowest BCUT2D eigenvalue weighted by molar-refractivity contribution is -0.131. The first-order chi connectivity index (χ1) is 19.2. The van der Waals surface area contributed by atoms with Gasteiger partial charge in [0.15, 0.2) is 0 Å². The minimum atomic E-state index is -1.01. The number of amides is 3. The SMILES string of the molecule is CC(C)C[C@H](NC(=O)c1cc(Cl)ccc1O)C(=O)N[C@@H](Cc1ccccc1)C(=O)N[C@H](C=O)Cc1ccccc1. The van der Waals surface area contributed by atoms with Gasteiger partial charge in [-0.25, -0.2) is 0 Å². The van der Waals surface area contributed by atoms with Crippen molar-refractivity contribution in [3.8, 4) is 5.75 Å². The van der Waals surface area contributed by atoms with Gasteiger partial charge in [0, 0.05) is 11.4 Å². The Morgan fingerprint density at radius 1 is 0.800 bits per heavy atom. The summed E-state index contributed by atoms with van der Waals surface area (Å²) < 4.78 is 0. The second kappa shape index (κ2) is 14.8. The zero-order valence-electron chi connectivity index (χ0n) is 22.5. The van der Waals surface area contributed by atoms with Crippen LogP contribution in [0.1, 0.15) is 41.8 Å². The highest BCUT2D eigenvalue weighted by Gasteiger charge is 2.29. The van der Waals surface area contributed by atoms with Gasteiger partial charge >= 0.3 is 0 Å². The molecule has 0 aliphatic rings. The van der Waals surface area contributed by atoms with Gasteiger partial charge in [-0.1, -0.05) is 86.1 Å². The van der Waals surface area contributed by atoms with Gasteiger partial charge in [-0.2, -0.15) is 0 Å². The minimum absolute atomic E-state index is 0.0238. The van der Waals surface area contributed by atoms with Crippen molar-refractivity contribution in [2.45, 2.75) is 51.2 Å². The maximum atomic E-state index is 13.5. The van der Waals surface area contributed by atoms with E-state index in [0.29, 0.717) is 12.7 Å². The summed E-state index contributed by atoms with van der Waals surface area (Å²) in [5.74, 6) is -2.01. The van der Waals surface area contributed by atoms with Crippen LogP contribution >= 0.6 is 11.6 Å². The van der Waals surface area contributed by atoms with Crippen LogP contribution in [0.4, 0.5) is 0 Å². The van der Waals surface area contributed by atoms with Crippen LogP contribution in [0.25, 0.3) is 0 Å². The predicted molar refractivity (Wildman–Crippen MR) is 154 cm³/mol. The summed E-state index contributed by atoms with van der Waals surface area (Å²) in [6.45, 7) is 3.80. The number of benzene rings is 3. The number of hydrogen-bond donors (Lipinski definition) is 4. The Morgan fingerprint density at radius 2 is 1.38 bits per heavy atom. The highest BCUT2D eigenvalue weighted by atomic mass is 35.5. The van der Waals surface area contributed by atoms with Gasteiger partial charge in [0.05, 0.1) is 11.6 Å². The molecule has 0 bridgehead atoms. The molecule has 3 aromatic rings. The highest BCUT2D eigenvalue weighted by molar-refractivity contribution is 6.31. The molecule has 40 heavy (non-hydrogen) atoms. The summed E-state index contributed by atoms with van der Waals surface area (Å²) in [6.07, 6.45) is 1.43. The smallest absolute Gasteiger partial charge is 0.255 e. The van der Waals surface area contributed by atoms with Crippen LogP contribution in [0.2, 0.25) is 5.02 Å². The lowest BCUT2D eigenvalue weighted by Gasteiger charge is -2.25. The van der Waals surface area contributed by atoms with E-state index in [1.807, 2.05) is 74.5 Å². The Bertz CT molecular complexity index is 1300. The second-order valence-corrected chi connectivity index (χ2v) is 10.4. The van der Waals surface area contributed by atoms with E-state index in [1.54, 1.807) is 0 Å². The topological polar surface area (TPSA) is 125 Å². The zero-order valence-corrected chi connectivity index (χ0v) is 23.2. The fourth-order valence-electron chi connectivity index (χ4n) is 4.24. The average molecular weight is 564 g/mol. The first-order valence-corrected chi connectivity index (χ1v) is 13.5. The van der Waals surface area contributed by atoms with Crippen LogP contribution < -0.4 is 16.0 Å². The Hall–Kier alpha value is -4.17. The Labute approximate surface area is 239 Å². The number of rotatable bonds is 13. The molecule has 3 atom stereocenters. The first-order valence-electron chi connectivity index (χ1n) is 13.1. The zero-order chi connectivity index (χ0) is 29.1. The maximum Gasteiger partial charge on any atom is 0.255 e. The molecule has 9 heteroatoms. The lowest BCUT2D eigenvalue weighted by Crippen LogP contribution is -2.56. The van der Waals surface area contributed by atoms with Crippen LogP contribution in [0.3, 0.4) is 0 Å². The number of aldehydes is 1. The maximum absolute atomic E-state index is 13.5. The second-order valence-electron chi connectivity index (χ2n) is 10.0. The summed E-state index contributed by atoms with van der Waals surface area (Å²) in [6, 6.07) is 19.7. The van der Waals surface area contributed by atoms with Crippen molar-refractivity contribution in [3.05, 3.63) is 101 Å². The van der Waals surface area contributed by atoms with Gasteiger partial charge in [0.1, 0.15) is 24.1 Å². The Kier molecular flexibility index (Phi) is 11.3. The molecule has 210 valence electrons. The number of hydrogen-bond acceptors (Lipinski definition) is 5. The fraction of sp³-hybridized carbons (Fsp3) is 0.290. The number of nitrogens with one attached hydrogen (secondary N) is 3. The summed E-state index contributed by atoms with van der Waals surface area (Å²) in [5.41, 5.74) is 1.62. The summed E-state index contributed by atoms with van der Waals surface area (Å²) in [4.78, 5) is 51.6. The van der Waals surface area contributed by atoms with Gasteiger partial charge in [-0.15, -0.1) is 0 Å². The Balaban J connectivity index is 1.79. The number of phenols is 1. The van der Waals surface area contributed by atoms with E-state index in [4.69, 9.17) is 11.6 Å². The van der Waals surface area contributed by atoms with Crippen LogP contribution in [0.5, 0.6) is 5.75 Å². The van der Waals surface area contributed by atoms with Gasteiger partial charge in [-0.3, -0.25) is 14.4 Å². The van der Waals surface area contributed by atoms with Crippen LogP contribution in [0, 0.1) is 5.92 Å². The fourth-order valence-corrected chi connectivity index (χ4v) is 4.42. The molecule has 3 rings (SSSR count). The molecule has 0 aromatic heterocycles. The van der Waals surface area contributed by atoms with Gasteiger partial charge < -0.3 is 25.9 Å². The van der Waals surface area contributed by atoms with Crippen molar-refractivity contribution in [2.75, 3.05) is 0 Å². The van der Waals surface area contributed by atoms with E-state index in [2.05, 4.69) is 16.0 Å². The minimum Gasteiger partial charge on any atom is -0.507 e. The molecule has 0 spiro atoms. The molecule has 0 heterocycles. The average Bonchev–Trinajstić information content (AvgIpc) is 2.94. The highest BCUT2D eigenvalue weighted by Crippen LogP contribution is 2.22. The molecule has 3 aromatic carbocycles. The molecule has 0 fully saturated rings. The molecule has 0 saturated heterocycles. The van der Waals surface area contributed by atoms with E-state index >= 15 is 0 Å². The third-order valence-electron chi connectivity index (χ3n) is 6.24. The number of carbonyl (C=O) groups excluding carboxylic acids is 4. The molecular weight excluding hydrogens is 530 g/mol. The molecule has 3 amide bonds. The number of phenolic OH excluding ortho intramolecular Hbond substituents is 1. The van der Waals surface area contributed by atoms with Gasteiger partial charge in [0.25, 0.3) is 5.91 Å². The van der Waals surface area contributed by atoms with Crippen molar-refractivity contribution in [1.82, 2.24) is 16.0 Å². The van der Waals surface area contributed by atoms with Crippen molar-refractivity contribution in [3.63, 3.8) is 0 Å². The van der Waals surface area contributed by atoms with Crippen LogP contribution in [0.15, 0.2) is 78.9 Å². The van der Waals surface area contributed by atoms with Crippen LogP contribution in [-0.4, -0.2) is 47.2 Å². The molecule has 0 aliphatic heterocycles. The standard InChI is InChI=1S/C31H34ClN3O5/c1-20(2)15-26(34-29(38)25-18-23(32)13-14-28(25)37)31(40)35-27(17-22-11-7-4-8-12-22)30(39)33-24(19-36)16-21-9-5-3-6-10-21/h3-14,18-20,24,26-27,37H,15-17H2,1-2H3,(H,33,39)(H,34,38)(H,35,40)/t24-,26-,27-/m0/s1. The molecule has 0 aliphatic carbocycles. The molecule has 8 nitrogen and oxygen atoms in total. The number of aromatic hydroxyl groups is 1. The van der Waals surface area contributed by atoms with E-state index < -0.39 is 35.8 Å². The molecular formula is C31H34ClN3O5. The van der Waals surface area contributed by atoms with Crippen molar-refractivity contribution >= 4 is 35.6 Å². The van der Waals surface area contributed by atoms with E-state index in [1.165, 1.54) is 18.2 Å². The summed E-state index contributed by atoms with van der Waals surface area (Å²) in [7, 11) is 0. The largest absolute Gasteiger partial charge is 0.507 e. The summed E-state index contributed by atoms with van der Waals surface area (Å²) >= 11 is 5.99. The molecule has 0 unspecified atom stereocenters. The van der Waals surface area contributed by atoms with E-state index in [-0.39, 0.29) is 35.1 Å². The number of halogens is 1. The number of carbonyl (C=O) groups is 4. The Morgan fingerprint density at radius 3 is 1.95 bits per heavy atom. The molecule has 0 radical (unpaired) electrons. The third-order valence-corrected chi connectivity index (χ3v) is 6.47. The van der Waals surface area contributed by atoms with Gasteiger partial charge in [0.2, 0.25) is 11.8 Å². The van der Waals surface area contributed by atoms with Crippen molar-refractivity contribution < 1.29 is 24.3 Å². The van der Waals surface area contributed by atoms with Crippen molar-refractivity contribution in [1.29, 1.82) is 0 Å². The first kappa shape index (κ1) is 30.4. The summed E-state index contributed by atoms with van der Waals surface area (Å²) in [5, 5.41) is 18.6. The quantitative estimate of drug-likeness (QED) is 0.235. The van der Waals surface area contributed by atoms with Gasteiger partial charge in [-0.05, 0) is 48.1 Å².